The monoisotopic (exact) mass is 749 g/mol. The maximum absolute atomic E-state index is 2.78. The van der Waals surface area contributed by atoms with Crippen LogP contribution in [0.4, 0.5) is 17.1 Å². The molecule has 57 heavy (non-hydrogen) atoms. The Balaban J connectivity index is 1.20. The topological polar surface area (TPSA) is 3.24 Å². The largest absolute Gasteiger partial charge is 0.310 e. The highest BCUT2D eigenvalue weighted by molar-refractivity contribution is 5.90. The third-order valence-corrected chi connectivity index (χ3v) is 17.1. The van der Waals surface area contributed by atoms with E-state index in [1.54, 1.807) is 22.3 Å². The van der Waals surface area contributed by atoms with Gasteiger partial charge in [-0.15, -0.1) is 0 Å². The van der Waals surface area contributed by atoms with Crippen LogP contribution in [0.3, 0.4) is 0 Å². The first-order valence-corrected chi connectivity index (χ1v) is 22.6. The molecule has 4 saturated carbocycles. The lowest BCUT2D eigenvalue weighted by Crippen LogP contribution is -2.55. The van der Waals surface area contributed by atoms with E-state index in [1.165, 1.54) is 108 Å². The molecule has 4 fully saturated rings. The van der Waals surface area contributed by atoms with Gasteiger partial charge in [-0.05, 0) is 189 Å². The first-order valence-electron chi connectivity index (χ1n) is 22.6. The maximum atomic E-state index is 2.78. The van der Waals surface area contributed by atoms with Crippen molar-refractivity contribution in [3.05, 3.63) is 137 Å². The van der Waals surface area contributed by atoms with E-state index in [-0.39, 0.29) is 27.1 Å². The quantitative estimate of drug-likeness (QED) is 0.177. The molecule has 0 amide bonds. The van der Waals surface area contributed by atoms with E-state index < -0.39 is 0 Å². The summed E-state index contributed by atoms with van der Waals surface area (Å²) in [6.07, 6.45) is 11.9. The second kappa shape index (κ2) is 12.0. The Morgan fingerprint density at radius 2 is 0.965 bits per heavy atom. The lowest BCUT2D eigenvalue weighted by molar-refractivity contribution is -0.0399. The number of nitrogens with zero attached hydrogens (tertiary/aromatic N) is 1. The zero-order valence-electron chi connectivity index (χ0n) is 35.9. The van der Waals surface area contributed by atoms with Crippen molar-refractivity contribution in [3.63, 3.8) is 0 Å². The Morgan fingerprint density at radius 1 is 0.421 bits per heavy atom. The van der Waals surface area contributed by atoms with Crippen molar-refractivity contribution < 1.29 is 0 Å². The van der Waals surface area contributed by atoms with Crippen molar-refractivity contribution in [1.82, 2.24) is 0 Å². The summed E-state index contributed by atoms with van der Waals surface area (Å²) in [4.78, 5) is 2.78. The molecule has 12 rings (SSSR count). The number of rotatable bonds is 4. The van der Waals surface area contributed by atoms with Gasteiger partial charge in [0.05, 0.1) is 11.4 Å². The van der Waals surface area contributed by atoms with Gasteiger partial charge in [0.2, 0.25) is 0 Å². The summed E-state index contributed by atoms with van der Waals surface area (Å²) in [6.45, 7) is 20.0. The smallest absolute Gasteiger partial charge is 0.0502 e. The summed E-state index contributed by atoms with van der Waals surface area (Å²) >= 11 is 0. The highest BCUT2D eigenvalue weighted by atomic mass is 15.2. The van der Waals surface area contributed by atoms with Gasteiger partial charge in [-0.3, -0.25) is 0 Å². The van der Waals surface area contributed by atoms with E-state index in [4.69, 9.17) is 0 Å². The van der Waals surface area contributed by atoms with Crippen LogP contribution in [0.25, 0.3) is 22.3 Å². The third kappa shape index (κ3) is 5.05. The lowest BCUT2D eigenvalue weighted by atomic mass is 9.43. The summed E-state index contributed by atoms with van der Waals surface area (Å²) in [5.74, 6) is 3.26. The number of benzene rings is 5. The van der Waals surface area contributed by atoms with Crippen LogP contribution in [0.5, 0.6) is 0 Å². The van der Waals surface area contributed by atoms with Crippen LogP contribution in [0, 0.1) is 23.7 Å². The zero-order valence-corrected chi connectivity index (χ0v) is 35.9. The van der Waals surface area contributed by atoms with Crippen LogP contribution in [-0.4, -0.2) is 0 Å². The van der Waals surface area contributed by atoms with Crippen LogP contribution in [0.2, 0.25) is 0 Å². The minimum Gasteiger partial charge on any atom is -0.310 e. The molecule has 5 aromatic carbocycles. The molecule has 1 nitrogen and oxygen atoms in total. The number of hydrogen-bond acceptors (Lipinski definition) is 1. The normalized spacial score (nSPS) is 28.7. The molecular weight excluding hydrogens is 687 g/mol. The molecule has 4 bridgehead atoms. The highest BCUT2D eigenvalue weighted by Crippen LogP contribution is 2.70. The van der Waals surface area contributed by atoms with Crippen LogP contribution < -0.4 is 4.90 Å². The molecule has 0 aromatic heterocycles. The summed E-state index contributed by atoms with van der Waals surface area (Å²) in [5, 5.41) is 0. The Bertz CT molecular complexity index is 2330. The summed E-state index contributed by atoms with van der Waals surface area (Å²) in [7, 11) is 0. The van der Waals surface area contributed by atoms with Gasteiger partial charge in [0, 0.05) is 11.1 Å². The van der Waals surface area contributed by atoms with Crippen LogP contribution in [0.1, 0.15) is 147 Å². The van der Waals surface area contributed by atoms with Crippen LogP contribution in [0.15, 0.2) is 103 Å². The van der Waals surface area contributed by atoms with Gasteiger partial charge in [0.1, 0.15) is 0 Å². The lowest BCUT2D eigenvalue weighted by Gasteiger charge is -2.61. The fourth-order valence-electron chi connectivity index (χ4n) is 14.3. The first kappa shape index (κ1) is 36.0. The van der Waals surface area contributed by atoms with E-state index in [9.17, 15) is 0 Å². The number of anilines is 3. The maximum Gasteiger partial charge on any atom is 0.0502 e. The first-order chi connectivity index (χ1) is 27.2. The van der Waals surface area contributed by atoms with Gasteiger partial charge in [-0.2, -0.15) is 0 Å². The average molecular weight is 750 g/mol. The molecule has 0 saturated heterocycles. The van der Waals surface area contributed by atoms with E-state index in [2.05, 4.69) is 163 Å². The SMILES string of the molecule is CC1(C)CCC(C)(C)c2c(N(c3ccc4c(c3)C3(c5ccc(-c6ccccc6)cc5-4)C4CC5CC(C4)CC3C5)c3cccc4c3C(C)(C)CCC4(C)C)cccc21. The van der Waals surface area contributed by atoms with Crippen molar-refractivity contribution in [3.8, 4) is 22.3 Å². The van der Waals surface area contributed by atoms with Crippen molar-refractivity contribution in [2.45, 2.75) is 140 Å². The Morgan fingerprint density at radius 3 is 1.53 bits per heavy atom. The molecule has 0 N–H and O–H groups in total. The Hall–Kier alpha value is -4.10. The van der Waals surface area contributed by atoms with Gasteiger partial charge < -0.3 is 4.90 Å². The Kier molecular flexibility index (Phi) is 7.58. The second-order valence-corrected chi connectivity index (χ2v) is 22.3. The van der Waals surface area contributed by atoms with Crippen molar-refractivity contribution in [2.75, 3.05) is 4.90 Å². The molecule has 292 valence electrons. The molecule has 0 aliphatic heterocycles. The molecule has 7 aliphatic carbocycles. The fraction of sp³-hybridized carbons (Fsp3) is 0.464. The molecular formula is C56H63N. The standard InChI is InChI=1S/C56H63N/c1-52(2)24-26-54(5,6)50-45(52)16-12-18-48(50)57(49-19-13-17-46-51(49)55(7,8)27-25-53(46,3)4)41-21-22-42-43-33-38(37-14-10-9-11-15-37)20-23-44(43)56(47(42)34-41)39-29-35-28-36(31-39)32-40(56)30-35/h9-23,33-36,39-40H,24-32H2,1-8H3. The van der Waals surface area contributed by atoms with E-state index in [0.29, 0.717) is 11.8 Å². The fourth-order valence-corrected chi connectivity index (χ4v) is 14.3. The van der Waals surface area contributed by atoms with Crippen LogP contribution >= 0.6 is 0 Å². The molecule has 5 aromatic rings. The summed E-state index contributed by atoms with van der Waals surface area (Å²) < 4.78 is 0. The van der Waals surface area contributed by atoms with Gasteiger partial charge >= 0.3 is 0 Å². The van der Waals surface area contributed by atoms with Crippen molar-refractivity contribution in [2.24, 2.45) is 23.7 Å². The second-order valence-electron chi connectivity index (χ2n) is 22.3. The Labute approximate surface area is 343 Å². The van der Waals surface area contributed by atoms with E-state index >= 15 is 0 Å². The highest BCUT2D eigenvalue weighted by Gasteiger charge is 2.61. The molecule has 1 spiro atoms. The molecule has 0 atom stereocenters. The molecule has 1 heteroatoms. The molecule has 0 heterocycles. The minimum atomic E-state index is 0.0623. The third-order valence-electron chi connectivity index (χ3n) is 17.1. The van der Waals surface area contributed by atoms with E-state index in [1.807, 2.05) is 0 Å². The van der Waals surface area contributed by atoms with Gasteiger partial charge in [-0.1, -0.05) is 128 Å². The van der Waals surface area contributed by atoms with Gasteiger partial charge in [-0.25, -0.2) is 0 Å². The van der Waals surface area contributed by atoms with Crippen molar-refractivity contribution in [1.29, 1.82) is 0 Å². The predicted molar refractivity (Wildman–Crippen MR) is 240 cm³/mol. The van der Waals surface area contributed by atoms with Gasteiger partial charge in [0.25, 0.3) is 0 Å². The zero-order chi connectivity index (χ0) is 39.3. The number of fused-ring (bicyclic) bond motifs is 5. The molecule has 0 unspecified atom stereocenters. The minimum absolute atomic E-state index is 0.0623. The summed E-state index contributed by atoms with van der Waals surface area (Å²) in [6, 6.07) is 41.2. The summed E-state index contributed by atoms with van der Waals surface area (Å²) in [5.41, 5.74) is 19.7. The molecule has 0 radical (unpaired) electrons. The number of hydrogen-bond donors (Lipinski definition) is 0. The van der Waals surface area contributed by atoms with E-state index in [0.717, 1.165) is 11.8 Å². The van der Waals surface area contributed by atoms with Crippen molar-refractivity contribution >= 4 is 17.1 Å². The molecule has 7 aliphatic rings. The predicted octanol–water partition coefficient (Wildman–Crippen LogP) is 15.2. The van der Waals surface area contributed by atoms with Crippen LogP contribution in [-0.2, 0) is 27.1 Å². The average Bonchev–Trinajstić information content (AvgIpc) is 3.47. The van der Waals surface area contributed by atoms with Gasteiger partial charge in [0.15, 0.2) is 0 Å².